The van der Waals surface area contributed by atoms with Gasteiger partial charge in [-0.05, 0) is 44.2 Å². The van der Waals surface area contributed by atoms with Crippen LogP contribution in [0.4, 0.5) is 4.79 Å². The lowest BCUT2D eigenvalue weighted by atomic mass is 9.62. The Morgan fingerprint density at radius 3 is 2.82 bits per heavy atom. The van der Waals surface area contributed by atoms with E-state index in [1.165, 1.54) is 6.07 Å². The molecule has 22 heavy (non-hydrogen) atoms. The number of carbonyl (C=O) groups excluding carboxylic acids is 2. The maximum Gasteiger partial charge on any atom is 0.407 e. The lowest BCUT2D eigenvalue weighted by molar-refractivity contribution is -0.0577. The number of hydrogen-bond donors (Lipinski definition) is 3. The van der Waals surface area contributed by atoms with E-state index in [-0.39, 0.29) is 18.3 Å². The van der Waals surface area contributed by atoms with Gasteiger partial charge in [0.2, 0.25) is 0 Å². The summed E-state index contributed by atoms with van der Waals surface area (Å²) in [6, 6.07) is 1.40. The third-order valence-electron chi connectivity index (χ3n) is 4.48. The number of piperidine rings is 1. The van der Waals surface area contributed by atoms with E-state index in [1.807, 2.05) is 0 Å². The molecule has 1 aliphatic heterocycles. The minimum atomic E-state index is -0.667. The molecule has 8 nitrogen and oxygen atoms in total. The van der Waals surface area contributed by atoms with Crippen molar-refractivity contribution in [3.05, 3.63) is 17.5 Å². The number of alkyl carbamates (subject to hydrolysis) is 1. The van der Waals surface area contributed by atoms with Gasteiger partial charge in [0.1, 0.15) is 6.10 Å². The van der Waals surface area contributed by atoms with Crippen LogP contribution < -0.4 is 16.4 Å². The Bertz CT molecular complexity index is 557. The predicted molar refractivity (Wildman–Crippen MR) is 75.9 cm³/mol. The summed E-state index contributed by atoms with van der Waals surface area (Å²) in [5.74, 6) is -0.312. The van der Waals surface area contributed by atoms with Crippen LogP contribution in [0.15, 0.2) is 10.6 Å². The Balaban J connectivity index is 1.39. The van der Waals surface area contributed by atoms with Crippen LogP contribution in [0.2, 0.25) is 0 Å². The molecule has 1 saturated carbocycles. The quantitative estimate of drug-likeness (QED) is 0.746. The highest BCUT2D eigenvalue weighted by Gasteiger charge is 2.46. The van der Waals surface area contributed by atoms with E-state index in [0.717, 1.165) is 38.8 Å². The van der Waals surface area contributed by atoms with Crippen LogP contribution in [0.3, 0.4) is 0 Å². The van der Waals surface area contributed by atoms with Gasteiger partial charge in [-0.25, -0.2) is 4.79 Å². The fourth-order valence-corrected chi connectivity index (χ4v) is 3.22. The first kappa shape index (κ1) is 14.8. The summed E-state index contributed by atoms with van der Waals surface area (Å²) in [5, 5.41) is 9.42. The molecule has 0 atom stereocenters. The molecular weight excluding hydrogens is 288 g/mol. The molecule has 1 aliphatic carbocycles. The van der Waals surface area contributed by atoms with Crippen LogP contribution in [0, 0.1) is 5.41 Å². The van der Waals surface area contributed by atoms with Crippen molar-refractivity contribution in [1.29, 1.82) is 0 Å². The zero-order valence-electron chi connectivity index (χ0n) is 12.3. The molecule has 1 spiro atoms. The predicted octanol–water partition coefficient (Wildman–Crippen LogP) is 0.532. The van der Waals surface area contributed by atoms with Gasteiger partial charge in [0.15, 0.2) is 11.5 Å². The van der Waals surface area contributed by atoms with E-state index in [0.29, 0.717) is 11.2 Å². The Morgan fingerprint density at radius 2 is 2.18 bits per heavy atom. The van der Waals surface area contributed by atoms with Crippen LogP contribution in [0.1, 0.15) is 41.9 Å². The van der Waals surface area contributed by atoms with Gasteiger partial charge in [0.05, 0.1) is 6.54 Å². The summed E-state index contributed by atoms with van der Waals surface area (Å²) in [6.45, 7) is 2.21. The summed E-state index contributed by atoms with van der Waals surface area (Å²) in [4.78, 5) is 22.6. The summed E-state index contributed by atoms with van der Waals surface area (Å²) in [6.07, 6.45) is 3.71. The largest absolute Gasteiger partial charge is 0.446 e. The standard InChI is InChI=1S/C14H20N4O4/c15-12(19)11-5-9(22-18-11)8-17-13(20)21-10-6-14(7-10)1-3-16-4-2-14/h5,10,16H,1-4,6-8H2,(H2,15,19)(H,17,20). The Labute approximate surface area is 127 Å². The van der Waals surface area contributed by atoms with Crippen molar-refractivity contribution in [2.75, 3.05) is 13.1 Å². The summed E-state index contributed by atoms with van der Waals surface area (Å²) < 4.78 is 10.2. The lowest BCUT2D eigenvalue weighted by Gasteiger charge is -2.49. The number of amides is 2. The Kier molecular flexibility index (Phi) is 4.02. The lowest BCUT2D eigenvalue weighted by Crippen LogP contribution is -2.49. The van der Waals surface area contributed by atoms with Gasteiger partial charge >= 0.3 is 6.09 Å². The van der Waals surface area contributed by atoms with Gasteiger partial charge in [-0.2, -0.15) is 0 Å². The second kappa shape index (κ2) is 5.96. The molecule has 0 unspecified atom stereocenters. The third kappa shape index (κ3) is 3.22. The van der Waals surface area contributed by atoms with Crippen LogP contribution in [-0.2, 0) is 11.3 Å². The topological polar surface area (TPSA) is 119 Å². The Hall–Kier alpha value is -2.09. The molecule has 1 aromatic rings. The number of aromatic nitrogens is 1. The van der Waals surface area contributed by atoms with Crippen molar-refractivity contribution in [2.24, 2.45) is 11.1 Å². The van der Waals surface area contributed by atoms with Crippen LogP contribution in [0.25, 0.3) is 0 Å². The van der Waals surface area contributed by atoms with Gasteiger partial charge in [-0.1, -0.05) is 5.16 Å². The summed E-state index contributed by atoms with van der Waals surface area (Å²) >= 11 is 0. The maximum absolute atomic E-state index is 11.7. The number of hydrogen-bond acceptors (Lipinski definition) is 6. The molecule has 8 heteroatoms. The van der Waals surface area contributed by atoms with Gasteiger partial charge in [-0.15, -0.1) is 0 Å². The molecule has 2 heterocycles. The molecule has 0 aromatic carbocycles. The highest BCUT2D eigenvalue weighted by atomic mass is 16.6. The molecule has 1 aromatic heterocycles. The summed E-state index contributed by atoms with van der Waals surface area (Å²) in [7, 11) is 0. The van der Waals surface area contributed by atoms with Crippen LogP contribution in [0.5, 0.6) is 0 Å². The maximum atomic E-state index is 11.7. The Morgan fingerprint density at radius 1 is 1.45 bits per heavy atom. The minimum Gasteiger partial charge on any atom is -0.446 e. The van der Waals surface area contributed by atoms with Crippen molar-refractivity contribution in [3.8, 4) is 0 Å². The molecule has 3 rings (SSSR count). The number of carbonyl (C=O) groups is 2. The van der Waals surface area contributed by atoms with Crippen molar-refractivity contribution in [1.82, 2.24) is 15.8 Å². The average molecular weight is 308 g/mol. The summed E-state index contributed by atoms with van der Waals surface area (Å²) in [5.41, 5.74) is 5.48. The number of ether oxygens (including phenoxy) is 1. The van der Waals surface area contributed by atoms with E-state index in [4.69, 9.17) is 15.0 Å². The molecule has 120 valence electrons. The highest BCUT2D eigenvalue weighted by molar-refractivity contribution is 5.90. The number of nitrogens with one attached hydrogen (secondary N) is 2. The number of rotatable bonds is 4. The first-order valence-corrected chi connectivity index (χ1v) is 7.47. The number of primary amides is 1. The molecule has 4 N–H and O–H groups in total. The van der Waals surface area contributed by atoms with Gasteiger partial charge in [-0.3, -0.25) is 4.79 Å². The smallest absolute Gasteiger partial charge is 0.407 e. The van der Waals surface area contributed by atoms with E-state index in [1.54, 1.807) is 0 Å². The SMILES string of the molecule is NC(=O)c1cc(CNC(=O)OC2CC3(CCNCC3)C2)on1. The molecule has 2 fully saturated rings. The second-order valence-corrected chi connectivity index (χ2v) is 6.08. The van der Waals surface area contributed by atoms with Crippen LogP contribution in [-0.4, -0.2) is 36.4 Å². The van der Waals surface area contributed by atoms with Gasteiger partial charge in [0, 0.05) is 6.07 Å². The fraction of sp³-hybridized carbons (Fsp3) is 0.643. The first-order chi connectivity index (χ1) is 10.6. The second-order valence-electron chi connectivity index (χ2n) is 6.08. The van der Waals surface area contributed by atoms with Crippen molar-refractivity contribution >= 4 is 12.0 Å². The molecule has 2 amide bonds. The normalized spacial score (nSPS) is 20.4. The zero-order valence-corrected chi connectivity index (χ0v) is 12.3. The zero-order chi connectivity index (χ0) is 15.6. The average Bonchev–Trinajstić information content (AvgIpc) is 2.94. The number of nitrogens with two attached hydrogens (primary N) is 1. The third-order valence-corrected chi connectivity index (χ3v) is 4.48. The molecule has 1 saturated heterocycles. The van der Waals surface area contributed by atoms with Crippen molar-refractivity contribution < 1.29 is 18.8 Å². The highest BCUT2D eigenvalue weighted by Crippen LogP contribution is 2.49. The van der Waals surface area contributed by atoms with Crippen molar-refractivity contribution in [2.45, 2.75) is 38.3 Å². The van der Waals surface area contributed by atoms with Gasteiger partial charge < -0.3 is 25.6 Å². The van der Waals surface area contributed by atoms with Gasteiger partial charge in [0.25, 0.3) is 5.91 Å². The van der Waals surface area contributed by atoms with E-state index in [9.17, 15) is 9.59 Å². The minimum absolute atomic E-state index is 0.00555. The molecule has 2 aliphatic rings. The van der Waals surface area contributed by atoms with E-state index >= 15 is 0 Å². The first-order valence-electron chi connectivity index (χ1n) is 7.47. The molecular formula is C14H20N4O4. The number of nitrogens with zero attached hydrogens (tertiary/aromatic N) is 1. The molecule has 0 bridgehead atoms. The fourth-order valence-electron chi connectivity index (χ4n) is 3.22. The van der Waals surface area contributed by atoms with Crippen LogP contribution >= 0.6 is 0 Å². The molecule has 0 radical (unpaired) electrons. The van der Waals surface area contributed by atoms with E-state index in [2.05, 4.69) is 15.8 Å². The van der Waals surface area contributed by atoms with Crippen molar-refractivity contribution in [3.63, 3.8) is 0 Å². The monoisotopic (exact) mass is 308 g/mol. The van der Waals surface area contributed by atoms with E-state index < -0.39 is 12.0 Å².